The fraction of sp³-hybridized carbons (Fsp3) is 0.381. The fourth-order valence-corrected chi connectivity index (χ4v) is 3.77. The highest BCUT2D eigenvalue weighted by Crippen LogP contribution is 2.26. The Morgan fingerprint density at radius 1 is 1.21 bits per heavy atom. The largest absolute Gasteiger partial charge is 0.368 e. The van der Waals surface area contributed by atoms with Crippen molar-refractivity contribution in [3.8, 4) is 0 Å². The van der Waals surface area contributed by atoms with E-state index in [9.17, 15) is 9.18 Å². The minimum Gasteiger partial charge on any atom is -0.368 e. The lowest BCUT2D eigenvalue weighted by atomic mass is 10.0. The topological polar surface area (TPSA) is 44.4 Å². The number of anilines is 2. The van der Waals surface area contributed by atoms with E-state index in [1.165, 1.54) is 12.1 Å². The number of nitrogens with one attached hydrogen (secondary N) is 2. The van der Waals surface area contributed by atoms with Gasteiger partial charge in [0, 0.05) is 24.0 Å². The summed E-state index contributed by atoms with van der Waals surface area (Å²) in [6.45, 7) is 5.22. The van der Waals surface area contributed by atoms with E-state index in [1.54, 1.807) is 0 Å². The van der Waals surface area contributed by atoms with Gasteiger partial charge in [-0.05, 0) is 68.8 Å². The van der Waals surface area contributed by atoms with Gasteiger partial charge in [-0.2, -0.15) is 0 Å². The second-order valence-electron chi connectivity index (χ2n) is 6.80. The van der Waals surface area contributed by atoms with Gasteiger partial charge in [-0.25, -0.2) is 4.39 Å². The highest BCUT2D eigenvalue weighted by molar-refractivity contribution is 6.34. The SMILES string of the molecule is CCCN(c1cccc(NC(=O)c2ccc(F)cc2Cl)c1)C1CCNCC1.Cl.Cl. The molecule has 1 saturated heterocycles. The Balaban J connectivity index is 0.00000210. The van der Waals surface area contributed by atoms with Gasteiger partial charge in [0.15, 0.2) is 0 Å². The standard InChI is InChI=1S/C21H25ClFN3O.2ClH/c1-2-12-26(17-8-10-24-11-9-17)18-5-3-4-16(14-18)25-21(27)19-7-6-15(23)13-20(19)22;;/h3-7,13-14,17,24H,2,8-12H2,1H3,(H,25,27);2*1H. The third-order valence-corrected chi connectivity index (χ3v) is 5.14. The lowest BCUT2D eigenvalue weighted by Crippen LogP contribution is -2.43. The lowest BCUT2D eigenvalue weighted by Gasteiger charge is -2.36. The Morgan fingerprint density at radius 3 is 2.59 bits per heavy atom. The number of nitrogens with zero attached hydrogens (tertiary/aromatic N) is 1. The van der Waals surface area contributed by atoms with Gasteiger partial charge >= 0.3 is 0 Å². The summed E-state index contributed by atoms with van der Waals surface area (Å²) in [5, 5.41) is 6.38. The van der Waals surface area contributed by atoms with E-state index in [4.69, 9.17) is 11.6 Å². The van der Waals surface area contributed by atoms with Gasteiger partial charge in [0.2, 0.25) is 0 Å². The molecule has 1 heterocycles. The van der Waals surface area contributed by atoms with Crippen molar-refractivity contribution >= 4 is 53.7 Å². The van der Waals surface area contributed by atoms with Gasteiger partial charge in [-0.1, -0.05) is 24.6 Å². The zero-order chi connectivity index (χ0) is 19.2. The van der Waals surface area contributed by atoms with E-state index in [0.29, 0.717) is 11.7 Å². The number of halogens is 4. The summed E-state index contributed by atoms with van der Waals surface area (Å²) in [6, 6.07) is 12.2. The Morgan fingerprint density at radius 2 is 1.93 bits per heavy atom. The molecule has 1 aliphatic rings. The number of rotatable bonds is 6. The van der Waals surface area contributed by atoms with E-state index in [-0.39, 0.29) is 41.3 Å². The van der Waals surface area contributed by atoms with E-state index < -0.39 is 5.82 Å². The number of amides is 1. The molecule has 2 aromatic carbocycles. The third-order valence-electron chi connectivity index (χ3n) is 4.83. The number of hydrogen-bond donors (Lipinski definition) is 2. The fourth-order valence-electron chi connectivity index (χ4n) is 3.52. The number of hydrogen-bond acceptors (Lipinski definition) is 3. The van der Waals surface area contributed by atoms with E-state index >= 15 is 0 Å². The molecule has 0 bridgehead atoms. The van der Waals surface area contributed by atoms with Gasteiger partial charge in [0.25, 0.3) is 5.91 Å². The Hall–Kier alpha value is -1.53. The minimum absolute atomic E-state index is 0. The quantitative estimate of drug-likeness (QED) is 0.592. The zero-order valence-corrected chi connectivity index (χ0v) is 18.7. The predicted molar refractivity (Wildman–Crippen MR) is 124 cm³/mol. The van der Waals surface area contributed by atoms with Gasteiger partial charge in [-0.3, -0.25) is 4.79 Å². The molecule has 0 atom stereocenters. The van der Waals surface area contributed by atoms with Crippen molar-refractivity contribution in [1.29, 1.82) is 0 Å². The van der Waals surface area contributed by atoms with Crippen molar-refractivity contribution in [2.75, 3.05) is 29.9 Å². The first-order valence-electron chi connectivity index (χ1n) is 9.42. The van der Waals surface area contributed by atoms with Crippen LogP contribution in [0.5, 0.6) is 0 Å². The van der Waals surface area contributed by atoms with Crippen molar-refractivity contribution in [2.45, 2.75) is 32.2 Å². The molecule has 29 heavy (non-hydrogen) atoms. The summed E-state index contributed by atoms with van der Waals surface area (Å²) in [5.74, 6) is -0.809. The molecule has 2 N–H and O–H groups in total. The maximum atomic E-state index is 13.2. The van der Waals surface area contributed by atoms with Crippen LogP contribution in [0.3, 0.4) is 0 Å². The van der Waals surface area contributed by atoms with Crippen LogP contribution in [0.2, 0.25) is 5.02 Å². The van der Waals surface area contributed by atoms with Gasteiger partial charge < -0.3 is 15.5 Å². The normalized spacial score (nSPS) is 13.8. The van der Waals surface area contributed by atoms with Crippen LogP contribution >= 0.6 is 36.4 Å². The molecule has 1 amide bonds. The summed E-state index contributed by atoms with van der Waals surface area (Å²) in [7, 11) is 0. The Kier molecular flexibility index (Phi) is 10.8. The van der Waals surface area contributed by atoms with Crippen molar-refractivity contribution < 1.29 is 9.18 Å². The molecule has 3 rings (SSSR count). The average Bonchev–Trinajstić information content (AvgIpc) is 2.67. The summed E-state index contributed by atoms with van der Waals surface area (Å²) < 4.78 is 13.2. The highest BCUT2D eigenvalue weighted by atomic mass is 35.5. The highest BCUT2D eigenvalue weighted by Gasteiger charge is 2.21. The molecule has 1 fully saturated rings. The molecular weight excluding hydrogens is 436 g/mol. The van der Waals surface area contributed by atoms with Crippen LogP contribution in [0, 0.1) is 5.82 Å². The molecule has 0 spiro atoms. The van der Waals surface area contributed by atoms with E-state index in [1.807, 2.05) is 18.2 Å². The monoisotopic (exact) mass is 461 g/mol. The first kappa shape index (κ1) is 25.5. The van der Waals surface area contributed by atoms with Crippen LogP contribution in [0.4, 0.5) is 15.8 Å². The maximum Gasteiger partial charge on any atom is 0.257 e. The van der Waals surface area contributed by atoms with E-state index in [0.717, 1.165) is 50.7 Å². The number of piperidine rings is 1. The molecule has 1 aliphatic heterocycles. The van der Waals surface area contributed by atoms with Crippen LogP contribution in [0.1, 0.15) is 36.5 Å². The van der Waals surface area contributed by atoms with Crippen LogP contribution in [-0.4, -0.2) is 31.6 Å². The molecule has 8 heteroatoms. The first-order chi connectivity index (χ1) is 13.1. The second kappa shape index (κ2) is 12.2. The Bertz CT molecular complexity index is 800. The van der Waals surface area contributed by atoms with Crippen LogP contribution in [0.15, 0.2) is 42.5 Å². The maximum absolute atomic E-state index is 13.2. The number of carbonyl (C=O) groups excluding carboxylic acids is 1. The molecule has 4 nitrogen and oxygen atoms in total. The second-order valence-corrected chi connectivity index (χ2v) is 7.21. The summed E-state index contributed by atoms with van der Waals surface area (Å²) >= 11 is 6.00. The molecule has 0 radical (unpaired) electrons. The van der Waals surface area contributed by atoms with Crippen LogP contribution in [-0.2, 0) is 0 Å². The smallest absolute Gasteiger partial charge is 0.257 e. The van der Waals surface area contributed by atoms with Gasteiger partial charge in [0.1, 0.15) is 5.82 Å². The lowest BCUT2D eigenvalue weighted by molar-refractivity contribution is 0.102. The van der Waals surface area contributed by atoms with Crippen LogP contribution < -0.4 is 15.5 Å². The molecule has 0 aliphatic carbocycles. The molecule has 0 saturated carbocycles. The van der Waals surface area contributed by atoms with E-state index in [2.05, 4.69) is 28.5 Å². The van der Waals surface area contributed by atoms with Crippen molar-refractivity contribution in [2.24, 2.45) is 0 Å². The average molecular weight is 463 g/mol. The molecular formula is C21H27Cl3FN3O. The summed E-state index contributed by atoms with van der Waals surface area (Å²) in [5.41, 5.74) is 2.06. The first-order valence-corrected chi connectivity index (χ1v) is 9.80. The van der Waals surface area contributed by atoms with Gasteiger partial charge in [0.05, 0.1) is 10.6 Å². The van der Waals surface area contributed by atoms with Crippen molar-refractivity contribution in [3.05, 3.63) is 58.9 Å². The molecule has 2 aromatic rings. The molecule has 0 unspecified atom stereocenters. The predicted octanol–water partition coefficient (Wildman–Crippen LogP) is 5.54. The minimum atomic E-state index is -0.462. The Labute approximate surface area is 189 Å². The van der Waals surface area contributed by atoms with Gasteiger partial charge in [-0.15, -0.1) is 24.8 Å². The molecule has 0 aromatic heterocycles. The number of carbonyl (C=O) groups is 1. The van der Waals surface area contributed by atoms with Crippen molar-refractivity contribution in [3.63, 3.8) is 0 Å². The van der Waals surface area contributed by atoms with Crippen molar-refractivity contribution in [1.82, 2.24) is 5.32 Å². The summed E-state index contributed by atoms with van der Waals surface area (Å²) in [6.07, 6.45) is 3.29. The number of benzene rings is 2. The zero-order valence-electron chi connectivity index (χ0n) is 16.3. The molecule has 160 valence electrons. The van der Waals surface area contributed by atoms with Crippen LogP contribution in [0.25, 0.3) is 0 Å². The third kappa shape index (κ3) is 6.75. The summed E-state index contributed by atoms with van der Waals surface area (Å²) in [4.78, 5) is 14.9.